The van der Waals surface area contributed by atoms with Gasteiger partial charge in [0, 0.05) is 11.1 Å². The van der Waals surface area contributed by atoms with E-state index in [0.717, 1.165) is 0 Å². The Bertz CT molecular complexity index is 747. The third-order valence-electron chi connectivity index (χ3n) is 2.88. The van der Waals surface area contributed by atoms with Crippen molar-refractivity contribution >= 4 is 0 Å². The van der Waals surface area contributed by atoms with E-state index in [4.69, 9.17) is 9.47 Å². The molecule has 4 N–H and O–H groups in total. The van der Waals surface area contributed by atoms with Crippen molar-refractivity contribution in [2.24, 2.45) is 0 Å². The molecule has 2 aromatic carbocycles. The average molecular weight is 302 g/mol. The Kier molecular flexibility index (Phi) is 4.18. The predicted octanol–water partition coefficient (Wildman–Crippen LogP) is 1.93. The minimum atomic E-state index is -0.368. The van der Waals surface area contributed by atoms with E-state index in [1.807, 2.05) is 0 Å². The second-order valence-corrected chi connectivity index (χ2v) is 4.34. The lowest BCUT2D eigenvalue weighted by atomic mass is 10.1. The molecule has 0 radical (unpaired) electrons. The van der Waals surface area contributed by atoms with Crippen molar-refractivity contribution in [1.82, 2.24) is 0 Å². The first-order chi connectivity index (χ1) is 10.5. The highest BCUT2D eigenvalue weighted by Crippen LogP contribution is 2.37. The summed E-state index contributed by atoms with van der Waals surface area (Å²) in [5.41, 5.74) is 0.740. The van der Waals surface area contributed by atoms with E-state index in [9.17, 15) is 20.4 Å². The summed E-state index contributed by atoms with van der Waals surface area (Å²) in [7, 11) is 2.68. The fourth-order valence-electron chi connectivity index (χ4n) is 1.85. The standard InChI is InChI=1S/C16H14O6/c1-21-14-8-10(5-11(17)15(14)20)4-3-9-6-12(18)16(22-2)13(19)7-9/h5-8,17-20H,1-2H3. The number of rotatable bonds is 2. The molecule has 0 heterocycles. The molecule has 0 fully saturated rings. The molecule has 0 aliphatic carbocycles. The number of methoxy groups -OCH3 is 2. The summed E-state index contributed by atoms with van der Waals surface area (Å²) in [6, 6.07) is 5.39. The monoisotopic (exact) mass is 302 g/mol. The Hall–Kier alpha value is -3.20. The quantitative estimate of drug-likeness (QED) is 0.500. The number of hydrogen-bond acceptors (Lipinski definition) is 6. The molecule has 0 aromatic heterocycles. The topological polar surface area (TPSA) is 99.4 Å². The summed E-state index contributed by atoms with van der Waals surface area (Å²) in [5.74, 6) is 4.30. The molecule has 0 atom stereocenters. The van der Waals surface area contributed by atoms with Crippen molar-refractivity contribution in [2.75, 3.05) is 14.2 Å². The predicted molar refractivity (Wildman–Crippen MR) is 78.6 cm³/mol. The normalized spacial score (nSPS) is 9.73. The zero-order chi connectivity index (χ0) is 16.3. The smallest absolute Gasteiger partial charge is 0.202 e. The van der Waals surface area contributed by atoms with Crippen LogP contribution < -0.4 is 9.47 Å². The third-order valence-corrected chi connectivity index (χ3v) is 2.88. The molecule has 0 bridgehead atoms. The first-order valence-corrected chi connectivity index (χ1v) is 6.18. The largest absolute Gasteiger partial charge is 0.504 e. The molecular weight excluding hydrogens is 288 g/mol. The zero-order valence-electron chi connectivity index (χ0n) is 11.9. The highest BCUT2D eigenvalue weighted by atomic mass is 16.5. The van der Waals surface area contributed by atoms with Gasteiger partial charge < -0.3 is 29.9 Å². The lowest BCUT2D eigenvalue weighted by Crippen LogP contribution is -1.87. The lowest BCUT2D eigenvalue weighted by molar-refractivity contribution is 0.344. The number of benzene rings is 2. The second kappa shape index (κ2) is 6.06. The molecule has 0 unspecified atom stereocenters. The lowest BCUT2D eigenvalue weighted by Gasteiger charge is -2.06. The summed E-state index contributed by atoms with van der Waals surface area (Å²) in [4.78, 5) is 0. The van der Waals surface area contributed by atoms with E-state index in [-0.39, 0.29) is 34.5 Å². The van der Waals surface area contributed by atoms with Crippen LogP contribution in [0.3, 0.4) is 0 Å². The van der Waals surface area contributed by atoms with Gasteiger partial charge in [-0.2, -0.15) is 0 Å². The van der Waals surface area contributed by atoms with Gasteiger partial charge in [-0.1, -0.05) is 11.8 Å². The van der Waals surface area contributed by atoms with Crippen LogP contribution in [-0.2, 0) is 0 Å². The Morgan fingerprint density at radius 3 is 1.73 bits per heavy atom. The maximum absolute atomic E-state index is 9.69. The van der Waals surface area contributed by atoms with Gasteiger partial charge in [0.05, 0.1) is 14.2 Å². The van der Waals surface area contributed by atoms with E-state index in [2.05, 4.69) is 11.8 Å². The summed E-state index contributed by atoms with van der Waals surface area (Å²) < 4.78 is 9.74. The number of ether oxygens (including phenoxy) is 2. The first kappa shape index (κ1) is 15.2. The van der Waals surface area contributed by atoms with E-state index < -0.39 is 0 Å². The highest BCUT2D eigenvalue weighted by molar-refractivity contribution is 5.59. The number of aromatic hydroxyl groups is 4. The molecule has 6 heteroatoms. The minimum absolute atomic E-state index is 0.0329. The molecule has 6 nitrogen and oxygen atoms in total. The first-order valence-electron chi connectivity index (χ1n) is 6.18. The second-order valence-electron chi connectivity index (χ2n) is 4.34. The van der Waals surface area contributed by atoms with Gasteiger partial charge in [0.15, 0.2) is 23.0 Å². The van der Waals surface area contributed by atoms with Gasteiger partial charge >= 0.3 is 0 Å². The number of phenolic OH excluding ortho intramolecular Hbond substituents is 4. The Balaban J connectivity index is 2.41. The van der Waals surface area contributed by atoms with Gasteiger partial charge in [-0.05, 0) is 24.3 Å². The highest BCUT2D eigenvalue weighted by Gasteiger charge is 2.10. The van der Waals surface area contributed by atoms with Crippen LogP contribution in [0.1, 0.15) is 11.1 Å². The summed E-state index contributed by atoms with van der Waals surface area (Å²) in [6.45, 7) is 0. The fourth-order valence-corrected chi connectivity index (χ4v) is 1.85. The minimum Gasteiger partial charge on any atom is -0.504 e. The van der Waals surface area contributed by atoms with Crippen molar-refractivity contribution in [1.29, 1.82) is 0 Å². The molecule has 114 valence electrons. The molecule has 2 rings (SSSR count). The van der Waals surface area contributed by atoms with Gasteiger partial charge in [-0.25, -0.2) is 0 Å². The average Bonchev–Trinajstić information content (AvgIpc) is 2.48. The molecule has 0 aliphatic heterocycles. The van der Waals surface area contributed by atoms with Crippen molar-refractivity contribution in [3.05, 3.63) is 35.4 Å². The summed E-state index contributed by atoms with van der Waals surface area (Å²) in [6.07, 6.45) is 0. The molecule has 22 heavy (non-hydrogen) atoms. The van der Waals surface area contributed by atoms with Gasteiger partial charge in [-0.3, -0.25) is 0 Å². The third kappa shape index (κ3) is 2.94. The Morgan fingerprint density at radius 2 is 1.23 bits per heavy atom. The Morgan fingerprint density at radius 1 is 0.727 bits per heavy atom. The van der Waals surface area contributed by atoms with E-state index in [1.54, 1.807) is 0 Å². The molecule has 0 amide bonds. The van der Waals surface area contributed by atoms with Crippen molar-refractivity contribution in [2.45, 2.75) is 0 Å². The van der Waals surface area contributed by atoms with Crippen LogP contribution >= 0.6 is 0 Å². The van der Waals surface area contributed by atoms with Crippen molar-refractivity contribution in [3.63, 3.8) is 0 Å². The van der Waals surface area contributed by atoms with Gasteiger partial charge in [0.1, 0.15) is 0 Å². The van der Waals surface area contributed by atoms with E-state index in [1.165, 1.54) is 38.5 Å². The van der Waals surface area contributed by atoms with E-state index in [0.29, 0.717) is 11.1 Å². The van der Waals surface area contributed by atoms with E-state index >= 15 is 0 Å². The molecular formula is C16H14O6. The molecule has 0 saturated heterocycles. The zero-order valence-corrected chi connectivity index (χ0v) is 11.9. The van der Waals surface area contributed by atoms with Crippen molar-refractivity contribution in [3.8, 4) is 46.3 Å². The number of phenols is 4. The molecule has 0 spiro atoms. The van der Waals surface area contributed by atoms with Crippen LogP contribution in [0.2, 0.25) is 0 Å². The maximum atomic E-state index is 9.69. The van der Waals surface area contributed by atoms with Crippen LogP contribution in [-0.4, -0.2) is 34.6 Å². The van der Waals surface area contributed by atoms with Crippen molar-refractivity contribution < 1.29 is 29.9 Å². The van der Waals surface area contributed by atoms with Crippen LogP contribution in [0.5, 0.6) is 34.5 Å². The van der Waals surface area contributed by atoms with Gasteiger partial charge in [0.25, 0.3) is 0 Å². The van der Waals surface area contributed by atoms with Gasteiger partial charge in [-0.15, -0.1) is 0 Å². The van der Waals surface area contributed by atoms with Crippen LogP contribution in [0.4, 0.5) is 0 Å². The SMILES string of the molecule is COc1cc(C#Cc2cc(O)c(OC)c(O)c2)cc(O)c1O. The fraction of sp³-hybridized carbons (Fsp3) is 0.125. The van der Waals surface area contributed by atoms with Gasteiger partial charge in [0.2, 0.25) is 11.5 Å². The summed E-state index contributed by atoms with van der Waals surface area (Å²) >= 11 is 0. The number of hydrogen-bond donors (Lipinski definition) is 4. The molecule has 0 aliphatic rings. The summed E-state index contributed by atoms with van der Waals surface area (Å²) in [5, 5.41) is 38.5. The maximum Gasteiger partial charge on any atom is 0.202 e. The molecule has 2 aromatic rings. The Labute approximate surface area is 126 Å². The van der Waals surface area contributed by atoms with Crippen LogP contribution in [0.15, 0.2) is 24.3 Å². The van der Waals surface area contributed by atoms with Crippen LogP contribution in [0.25, 0.3) is 0 Å². The molecule has 0 saturated carbocycles. The van der Waals surface area contributed by atoms with Crippen LogP contribution in [0, 0.1) is 11.8 Å².